The van der Waals surface area contributed by atoms with Gasteiger partial charge in [0.15, 0.2) is 0 Å². The normalized spacial score (nSPS) is 15.1. The van der Waals surface area contributed by atoms with Crippen LogP contribution in [0.15, 0.2) is 60.7 Å². The molecule has 0 aliphatic carbocycles. The van der Waals surface area contributed by atoms with Crippen LogP contribution in [0.2, 0.25) is 0 Å². The van der Waals surface area contributed by atoms with E-state index in [0.29, 0.717) is 6.61 Å². The summed E-state index contributed by atoms with van der Waals surface area (Å²) >= 11 is 0. The van der Waals surface area contributed by atoms with Crippen molar-refractivity contribution in [2.75, 3.05) is 6.61 Å². The topological polar surface area (TPSA) is 32.7 Å². The van der Waals surface area contributed by atoms with Crippen molar-refractivity contribution in [3.8, 4) is 0 Å². The van der Waals surface area contributed by atoms with Crippen molar-refractivity contribution in [1.29, 1.82) is 0 Å². The third-order valence-electron chi connectivity index (χ3n) is 4.65. The SMILES string of the molecule is CCO[C@@H](C)C(O)C(CC)N(Cc1ccccc1)Cc1ccccc1. The number of benzene rings is 2. The fourth-order valence-corrected chi connectivity index (χ4v) is 3.32. The highest BCUT2D eigenvalue weighted by Crippen LogP contribution is 2.20. The molecule has 3 heteroatoms. The summed E-state index contributed by atoms with van der Waals surface area (Å²) in [6.45, 7) is 8.30. The van der Waals surface area contributed by atoms with Gasteiger partial charge in [0.2, 0.25) is 0 Å². The van der Waals surface area contributed by atoms with E-state index in [9.17, 15) is 5.11 Å². The van der Waals surface area contributed by atoms with Gasteiger partial charge in [0.25, 0.3) is 0 Å². The molecule has 0 saturated carbocycles. The third kappa shape index (κ3) is 5.96. The van der Waals surface area contributed by atoms with E-state index >= 15 is 0 Å². The van der Waals surface area contributed by atoms with Gasteiger partial charge in [-0.25, -0.2) is 0 Å². The summed E-state index contributed by atoms with van der Waals surface area (Å²) in [7, 11) is 0. The van der Waals surface area contributed by atoms with Crippen molar-refractivity contribution in [2.45, 2.75) is 58.5 Å². The van der Waals surface area contributed by atoms with E-state index in [-0.39, 0.29) is 12.1 Å². The van der Waals surface area contributed by atoms with Gasteiger partial charge in [-0.1, -0.05) is 67.6 Å². The van der Waals surface area contributed by atoms with Gasteiger partial charge in [-0.2, -0.15) is 0 Å². The van der Waals surface area contributed by atoms with E-state index in [0.717, 1.165) is 19.5 Å². The van der Waals surface area contributed by atoms with Crippen LogP contribution in [0.5, 0.6) is 0 Å². The highest BCUT2D eigenvalue weighted by molar-refractivity contribution is 5.17. The van der Waals surface area contributed by atoms with E-state index in [2.05, 4.69) is 60.4 Å². The molecule has 3 atom stereocenters. The molecule has 0 radical (unpaired) electrons. The van der Waals surface area contributed by atoms with Crippen molar-refractivity contribution in [2.24, 2.45) is 0 Å². The molecule has 3 nitrogen and oxygen atoms in total. The Morgan fingerprint density at radius 2 is 1.36 bits per heavy atom. The Morgan fingerprint density at radius 3 is 1.76 bits per heavy atom. The molecule has 2 aromatic carbocycles. The maximum absolute atomic E-state index is 10.9. The number of aliphatic hydroxyl groups excluding tert-OH is 1. The second-order valence-electron chi connectivity index (χ2n) is 6.50. The summed E-state index contributed by atoms with van der Waals surface area (Å²) in [5.74, 6) is 0. The average Bonchev–Trinajstić information content (AvgIpc) is 2.64. The molecular formula is C22H31NO2. The largest absolute Gasteiger partial charge is 0.389 e. The Balaban J connectivity index is 2.21. The molecule has 0 fully saturated rings. The molecule has 0 saturated heterocycles. The molecule has 0 aromatic heterocycles. The molecule has 0 aliphatic rings. The molecular weight excluding hydrogens is 310 g/mol. The zero-order chi connectivity index (χ0) is 18.1. The van der Waals surface area contributed by atoms with Crippen LogP contribution in [0.4, 0.5) is 0 Å². The first-order valence-electron chi connectivity index (χ1n) is 9.27. The molecule has 0 bridgehead atoms. The monoisotopic (exact) mass is 341 g/mol. The van der Waals surface area contributed by atoms with E-state index in [4.69, 9.17) is 4.74 Å². The molecule has 0 aliphatic heterocycles. The summed E-state index contributed by atoms with van der Waals surface area (Å²) in [6, 6.07) is 20.9. The Bertz CT molecular complexity index is 546. The fourth-order valence-electron chi connectivity index (χ4n) is 3.32. The Kier molecular flexibility index (Phi) is 8.13. The van der Waals surface area contributed by atoms with Crippen molar-refractivity contribution in [3.05, 3.63) is 71.8 Å². The van der Waals surface area contributed by atoms with Gasteiger partial charge in [-0.15, -0.1) is 0 Å². The molecule has 136 valence electrons. The number of rotatable bonds is 10. The Morgan fingerprint density at radius 1 is 0.880 bits per heavy atom. The standard InChI is InChI=1S/C22H31NO2/c1-4-21(22(24)18(3)25-5-2)23(16-19-12-8-6-9-13-19)17-20-14-10-7-11-15-20/h6-15,18,21-22,24H,4-5,16-17H2,1-3H3/t18-,21?,22?/m0/s1. The van der Waals surface area contributed by atoms with Gasteiger partial charge >= 0.3 is 0 Å². The van der Waals surface area contributed by atoms with Gasteiger partial charge in [-0.05, 0) is 31.4 Å². The molecule has 2 unspecified atom stereocenters. The minimum Gasteiger partial charge on any atom is -0.389 e. The summed E-state index contributed by atoms with van der Waals surface area (Å²) < 4.78 is 5.66. The quantitative estimate of drug-likeness (QED) is 0.701. The second kappa shape index (κ2) is 10.3. The lowest BCUT2D eigenvalue weighted by atomic mass is 10.00. The van der Waals surface area contributed by atoms with E-state index in [1.165, 1.54) is 11.1 Å². The van der Waals surface area contributed by atoms with Gasteiger partial charge in [0.05, 0.1) is 12.2 Å². The minimum atomic E-state index is -0.516. The Hall–Kier alpha value is -1.68. The van der Waals surface area contributed by atoms with Crippen LogP contribution in [0.3, 0.4) is 0 Å². The van der Waals surface area contributed by atoms with Crippen LogP contribution >= 0.6 is 0 Å². The van der Waals surface area contributed by atoms with Crippen molar-refractivity contribution >= 4 is 0 Å². The minimum absolute atomic E-state index is 0.0435. The lowest BCUT2D eigenvalue weighted by Crippen LogP contribution is -2.47. The molecule has 1 N–H and O–H groups in total. The molecule has 0 spiro atoms. The van der Waals surface area contributed by atoms with Crippen molar-refractivity contribution in [1.82, 2.24) is 4.90 Å². The highest BCUT2D eigenvalue weighted by Gasteiger charge is 2.29. The highest BCUT2D eigenvalue weighted by atomic mass is 16.5. The number of ether oxygens (including phenoxy) is 1. The van der Waals surface area contributed by atoms with Crippen molar-refractivity contribution < 1.29 is 9.84 Å². The maximum Gasteiger partial charge on any atom is 0.0953 e. The number of hydrogen-bond acceptors (Lipinski definition) is 3. The van der Waals surface area contributed by atoms with Crippen LogP contribution < -0.4 is 0 Å². The fraction of sp³-hybridized carbons (Fsp3) is 0.455. The summed E-state index contributed by atoms with van der Waals surface area (Å²) in [5.41, 5.74) is 2.52. The van der Waals surface area contributed by atoms with Crippen LogP contribution in [0.25, 0.3) is 0 Å². The predicted molar refractivity (Wildman–Crippen MR) is 103 cm³/mol. The van der Waals surface area contributed by atoms with Crippen LogP contribution in [-0.2, 0) is 17.8 Å². The summed E-state index contributed by atoms with van der Waals surface area (Å²) in [6.07, 6.45) is 0.180. The summed E-state index contributed by atoms with van der Waals surface area (Å²) in [4.78, 5) is 2.37. The van der Waals surface area contributed by atoms with E-state index in [1.54, 1.807) is 0 Å². The number of hydrogen-bond donors (Lipinski definition) is 1. The number of aliphatic hydroxyl groups is 1. The maximum atomic E-state index is 10.9. The molecule has 0 heterocycles. The molecule has 2 aromatic rings. The van der Waals surface area contributed by atoms with Gasteiger partial charge in [0.1, 0.15) is 0 Å². The smallest absolute Gasteiger partial charge is 0.0953 e. The molecule has 25 heavy (non-hydrogen) atoms. The lowest BCUT2D eigenvalue weighted by Gasteiger charge is -2.36. The molecule has 2 rings (SSSR count). The van der Waals surface area contributed by atoms with Gasteiger partial charge in [-0.3, -0.25) is 4.90 Å². The van der Waals surface area contributed by atoms with Crippen LogP contribution in [0, 0.1) is 0 Å². The number of nitrogens with zero attached hydrogens (tertiary/aromatic N) is 1. The average molecular weight is 341 g/mol. The van der Waals surface area contributed by atoms with Crippen LogP contribution in [-0.4, -0.2) is 34.9 Å². The summed E-state index contributed by atoms with van der Waals surface area (Å²) in [5, 5.41) is 10.9. The lowest BCUT2D eigenvalue weighted by molar-refractivity contribution is -0.0674. The van der Waals surface area contributed by atoms with Crippen LogP contribution in [0.1, 0.15) is 38.3 Å². The van der Waals surface area contributed by atoms with Gasteiger partial charge in [0, 0.05) is 25.7 Å². The molecule has 0 amide bonds. The Labute approximate surface area is 152 Å². The second-order valence-corrected chi connectivity index (χ2v) is 6.50. The zero-order valence-corrected chi connectivity index (χ0v) is 15.6. The van der Waals surface area contributed by atoms with E-state index in [1.807, 2.05) is 26.0 Å². The third-order valence-corrected chi connectivity index (χ3v) is 4.65. The van der Waals surface area contributed by atoms with Gasteiger partial charge < -0.3 is 9.84 Å². The first-order chi connectivity index (χ1) is 12.2. The first kappa shape index (κ1) is 19.6. The van der Waals surface area contributed by atoms with Crippen molar-refractivity contribution in [3.63, 3.8) is 0 Å². The zero-order valence-electron chi connectivity index (χ0n) is 15.6. The van der Waals surface area contributed by atoms with E-state index < -0.39 is 6.10 Å². The predicted octanol–water partition coefficient (Wildman–Crippen LogP) is 4.25. The first-order valence-corrected chi connectivity index (χ1v) is 9.27.